The quantitative estimate of drug-likeness (QED) is 0.0908. The molecule has 4 aliphatic carbocycles. The molecule has 4 unspecified atom stereocenters. The molecule has 42 heavy (non-hydrogen) atoms. The fourth-order valence-electron chi connectivity index (χ4n) is 9.55. The van der Waals surface area contributed by atoms with E-state index >= 15 is 0 Å². The number of alkyl halides is 1. The summed E-state index contributed by atoms with van der Waals surface area (Å²) in [6, 6.07) is 0. The first kappa shape index (κ1) is 34.7. The molecule has 0 aromatic rings. The van der Waals surface area contributed by atoms with Crippen LogP contribution in [0.1, 0.15) is 119 Å². The molecule has 8 heteroatoms. The van der Waals surface area contributed by atoms with E-state index in [1.807, 2.05) is 0 Å². The van der Waals surface area contributed by atoms with Gasteiger partial charge >= 0.3 is 13.8 Å². The third kappa shape index (κ3) is 7.43. The molecule has 0 saturated heterocycles. The lowest BCUT2D eigenvalue weighted by Crippen LogP contribution is -2.51. The van der Waals surface area contributed by atoms with Crippen LogP contribution in [0.25, 0.3) is 0 Å². The van der Waals surface area contributed by atoms with E-state index in [0.29, 0.717) is 10.7 Å². The van der Waals surface area contributed by atoms with Crippen molar-refractivity contribution < 1.29 is 28.0 Å². The SMILES string of the molecule is CC(C)CCC[C@@H](C)[C@H]1CCC2C3CC=C4C[C@@H](OC(=O)C(C)(C)COP(=O)(O)OCCBr)CC[C@]4(C)C3CC[C@@]21C. The van der Waals surface area contributed by atoms with Crippen molar-refractivity contribution in [3.63, 3.8) is 0 Å². The first-order chi connectivity index (χ1) is 19.6. The Bertz CT molecular complexity index is 1030. The van der Waals surface area contributed by atoms with Crippen LogP contribution in [-0.4, -0.2) is 35.5 Å². The van der Waals surface area contributed by atoms with Crippen molar-refractivity contribution in [1.82, 2.24) is 0 Å². The third-order valence-electron chi connectivity index (χ3n) is 12.0. The lowest BCUT2D eigenvalue weighted by molar-refractivity contribution is -0.163. The van der Waals surface area contributed by atoms with Crippen LogP contribution in [0.3, 0.4) is 0 Å². The molecule has 1 N–H and O–H groups in total. The number of esters is 1. The van der Waals surface area contributed by atoms with Crippen LogP contribution in [0, 0.1) is 51.8 Å². The fourth-order valence-corrected chi connectivity index (χ4v) is 10.8. The molecule has 0 heterocycles. The highest BCUT2D eigenvalue weighted by atomic mass is 79.9. The third-order valence-corrected chi connectivity index (χ3v) is 13.3. The van der Waals surface area contributed by atoms with Gasteiger partial charge in [-0.3, -0.25) is 13.8 Å². The molecule has 0 radical (unpaired) electrons. The topological polar surface area (TPSA) is 82.1 Å². The van der Waals surface area contributed by atoms with Gasteiger partial charge in [-0.25, -0.2) is 4.57 Å². The fraction of sp³-hybridized carbons (Fsp3) is 0.912. The molecule has 4 rings (SSSR count). The number of rotatable bonds is 13. The van der Waals surface area contributed by atoms with Crippen LogP contribution in [0.15, 0.2) is 11.6 Å². The van der Waals surface area contributed by atoms with Gasteiger partial charge in [0, 0.05) is 11.8 Å². The van der Waals surface area contributed by atoms with Gasteiger partial charge in [-0.1, -0.05) is 81.5 Å². The Hall–Kier alpha value is -0.200. The average molecular weight is 674 g/mol. The monoisotopic (exact) mass is 672 g/mol. The zero-order valence-electron chi connectivity index (χ0n) is 27.3. The average Bonchev–Trinajstić information content (AvgIpc) is 3.28. The van der Waals surface area contributed by atoms with Gasteiger partial charge in [-0.2, -0.15) is 0 Å². The zero-order chi connectivity index (χ0) is 30.9. The number of hydrogen-bond acceptors (Lipinski definition) is 5. The van der Waals surface area contributed by atoms with Gasteiger partial charge in [0.15, 0.2) is 0 Å². The number of phosphoric acid groups is 1. The molecule has 0 spiro atoms. The highest BCUT2D eigenvalue weighted by Gasteiger charge is 2.59. The summed E-state index contributed by atoms with van der Waals surface area (Å²) in [5.41, 5.74) is 1.12. The first-order valence-electron chi connectivity index (χ1n) is 16.7. The van der Waals surface area contributed by atoms with Gasteiger partial charge in [-0.15, -0.1) is 0 Å². The van der Waals surface area contributed by atoms with E-state index in [0.717, 1.165) is 54.8 Å². The molecule has 0 aromatic carbocycles. The second-order valence-electron chi connectivity index (χ2n) is 15.7. The largest absolute Gasteiger partial charge is 0.472 e. The number of allylic oxidation sites excluding steroid dienone is 1. The first-order valence-corrected chi connectivity index (χ1v) is 19.3. The lowest BCUT2D eigenvalue weighted by Gasteiger charge is -2.58. The molecule has 3 fully saturated rings. The summed E-state index contributed by atoms with van der Waals surface area (Å²) in [6.07, 6.45) is 15.9. The molecule has 6 nitrogen and oxygen atoms in total. The molecule has 0 aromatic heterocycles. The molecule has 0 bridgehead atoms. The standard InChI is InChI=1S/C34H58BrO6P/c1-23(2)9-8-10-24(3)28-13-14-29-27-12-11-25-21-26(15-17-33(25,6)30(27)16-18-34(28,29)7)41-31(36)32(4,5)22-40-42(37,38)39-20-19-35/h11,23-24,26-30H,8-10,12-22H2,1-7H3,(H,37,38)/t24-,26+,27?,28-,29?,30?,33+,34-/m1/s1. The second-order valence-corrected chi connectivity index (χ2v) is 18.0. The van der Waals surface area contributed by atoms with Crippen molar-refractivity contribution in [3.05, 3.63) is 11.6 Å². The van der Waals surface area contributed by atoms with E-state index in [1.54, 1.807) is 13.8 Å². The van der Waals surface area contributed by atoms with E-state index < -0.39 is 13.2 Å². The highest BCUT2D eigenvalue weighted by Crippen LogP contribution is 2.67. The predicted molar refractivity (Wildman–Crippen MR) is 172 cm³/mol. The Kier molecular flexibility index (Phi) is 11.3. The molecule has 4 aliphatic rings. The summed E-state index contributed by atoms with van der Waals surface area (Å²) in [5.74, 6) is 4.45. The molecule has 9 atom stereocenters. The summed E-state index contributed by atoms with van der Waals surface area (Å²) in [6.45, 7) is 15.6. The molecule has 3 saturated carbocycles. The molecule has 0 aliphatic heterocycles. The van der Waals surface area contributed by atoms with Crippen molar-refractivity contribution >= 4 is 29.7 Å². The minimum atomic E-state index is -4.21. The summed E-state index contributed by atoms with van der Waals surface area (Å²) < 4.78 is 28.1. The number of halogens is 1. The van der Waals surface area contributed by atoms with Crippen LogP contribution in [0.2, 0.25) is 0 Å². The lowest BCUT2D eigenvalue weighted by atomic mass is 9.47. The van der Waals surface area contributed by atoms with Crippen LogP contribution in [-0.2, 0) is 23.1 Å². The number of carbonyl (C=O) groups excluding carboxylic acids is 1. The Morgan fingerprint density at radius 3 is 2.52 bits per heavy atom. The summed E-state index contributed by atoms with van der Waals surface area (Å²) in [7, 11) is -4.21. The number of hydrogen-bond donors (Lipinski definition) is 1. The van der Waals surface area contributed by atoms with E-state index in [-0.39, 0.29) is 30.7 Å². The van der Waals surface area contributed by atoms with Crippen molar-refractivity contribution in [2.45, 2.75) is 125 Å². The van der Waals surface area contributed by atoms with Crippen molar-refractivity contribution in [1.29, 1.82) is 0 Å². The predicted octanol–water partition coefficient (Wildman–Crippen LogP) is 9.49. The van der Waals surface area contributed by atoms with Crippen LogP contribution in [0.4, 0.5) is 0 Å². The maximum Gasteiger partial charge on any atom is 0.472 e. The highest BCUT2D eigenvalue weighted by molar-refractivity contribution is 9.09. The Balaban J connectivity index is 1.36. The maximum absolute atomic E-state index is 13.1. The van der Waals surface area contributed by atoms with Gasteiger partial charge < -0.3 is 9.63 Å². The minimum Gasteiger partial charge on any atom is -0.462 e. The Morgan fingerprint density at radius 1 is 1.10 bits per heavy atom. The van der Waals surface area contributed by atoms with Crippen molar-refractivity contribution in [2.24, 2.45) is 51.8 Å². The summed E-state index contributed by atoms with van der Waals surface area (Å²) in [4.78, 5) is 23.0. The van der Waals surface area contributed by atoms with Crippen molar-refractivity contribution in [3.8, 4) is 0 Å². The number of carbonyl (C=O) groups is 1. The zero-order valence-corrected chi connectivity index (χ0v) is 29.8. The Labute approximate surface area is 264 Å². The second kappa shape index (κ2) is 13.7. The van der Waals surface area contributed by atoms with Gasteiger partial charge in [0.1, 0.15) is 6.10 Å². The van der Waals surface area contributed by atoms with E-state index in [1.165, 1.54) is 56.9 Å². The number of phosphoric ester groups is 1. The van der Waals surface area contributed by atoms with Gasteiger partial charge in [-0.05, 0) is 105 Å². The van der Waals surface area contributed by atoms with Crippen LogP contribution >= 0.6 is 23.8 Å². The Morgan fingerprint density at radius 2 is 1.83 bits per heavy atom. The van der Waals surface area contributed by atoms with Crippen LogP contribution in [0.5, 0.6) is 0 Å². The van der Waals surface area contributed by atoms with Crippen molar-refractivity contribution in [2.75, 3.05) is 18.5 Å². The normalized spacial score (nSPS) is 36.8. The van der Waals surface area contributed by atoms with Gasteiger partial charge in [0.05, 0.1) is 18.6 Å². The smallest absolute Gasteiger partial charge is 0.462 e. The van der Waals surface area contributed by atoms with Gasteiger partial charge in [0.25, 0.3) is 0 Å². The van der Waals surface area contributed by atoms with E-state index in [9.17, 15) is 14.3 Å². The summed E-state index contributed by atoms with van der Waals surface area (Å²) in [5, 5.41) is 0.419. The molecular formula is C34H58BrO6P. The molecule has 0 amide bonds. The van der Waals surface area contributed by atoms with E-state index in [4.69, 9.17) is 13.8 Å². The number of ether oxygens (including phenoxy) is 1. The van der Waals surface area contributed by atoms with Crippen LogP contribution < -0.4 is 0 Å². The van der Waals surface area contributed by atoms with E-state index in [2.05, 4.69) is 56.6 Å². The van der Waals surface area contributed by atoms with Gasteiger partial charge in [0.2, 0.25) is 0 Å². The summed E-state index contributed by atoms with van der Waals surface area (Å²) >= 11 is 3.16. The number of fused-ring (bicyclic) bond motifs is 5. The molecular weight excluding hydrogens is 615 g/mol. The minimum absolute atomic E-state index is 0.0502. The molecule has 242 valence electrons. The maximum atomic E-state index is 13.1.